The lowest BCUT2D eigenvalue weighted by molar-refractivity contribution is -0.118. The third kappa shape index (κ3) is 4.15. The van der Waals surface area contributed by atoms with Crippen molar-refractivity contribution in [2.24, 2.45) is 0 Å². The van der Waals surface area contributed by atoms with Gasteiger partial charge in [-0.2, -0.15) is 0 Å². The van der Waals surface area contributed by atoms with Crippen LogP contribution in [0.3, 0.4) is 0 Å². The molecule has 0 unspecified atom stereocenters. The number of anilines is 2. The summed E-state index contributed by atoms with van der Waals surface area (Å²) >= 11 is 9.49. The van der Waals surface area contributed by atoms with Crippen LogP contribution in [0.1, 0.15) is 11.1 Å². The van der Waals surface area contributed by atoms with Crippen LogP contribution >= 0.6 is 27.5 Å². The van der Waals surface area contributed by atoms with Gasteiger partial charge in [0.15, 0.2) is 6.61 Å². The number of hydrogen-bond acceptors (Lipinski definition) is 3. The molecule has 22 heavy (non-hydrogen) atoms. The largest absolute Gasteiger partial charge is 0.482 e. The second kappa shape index (κ2) is 7.03. The number of nitrogens with one attached hydrogen (secondary N) is 1. The standard InChI is InChI=1S/C16H16BrClN2O2/c1-9-5-10(2)16(13(18)6-9)22-8-15(21)20-14-4-3-11(19)7-12(14)17/h3-7H,8,19H2,1-2H3,(H,20,21). The quantitative estimate of drug-likeness (QED) is 0.773. The molecular formula is C16H16BrClN2O2. The molecule has 0 saturated heterocycles. The van der Waals surface area contributed by atoms with Gasteiger partial charge in [-0.25, -0.2) is 0 Å². The average Bonchev–Trinajstić information content (AvgIpc) is 2.40. The number of nitrogen functional groups attached to an aromatic ring is 1. The van der Waals surface area contributed by atoms with E-state index in [1.807, 2.05) is 19.9 Å². The average molecular weight is 384 g/mol. The fourth-order valence-corrected chi connectivity index (χ4v) is 2.91. The van der Waals surface area contributed by atoms with Crippen molar-refractivity contribution in [1.82, 2.24) is 0 Å². The lowest BCUT2D eigenvalue weighted by Crippen LogP contribution is -2.20. The topological polar surface area (TPSA) is 64.3 Å². The van der Waals surface area contributed by atoms with Gasteiger partial charge in [-0.3, -0.25) is 4.79 Å². The Kier molecular flexibility index (Phi) is 5.32. The molecule has 0 aromatic heterocycles. The van der Waals surface area contributed by atoms with Crippen molar-refractivity contribution in [1.29, 1.82) is 0 Å². The highest BCUT2D eigenvalue weighted by atomic mass is 79.9. The maximum Gasteiger partial charge on any atom is 0.262 e. The van der Waals surface area contributed by atoms with Gasteiger partial charge >= 0.3 is 0 Å². The first-order chi connectivity index (χ1) is 10.4. The van der Waals surface area contributed by atoms with E-state index in [2.05, 4.69) is 21.2 Å². The molecule has 0 radical (unpaired) electrons. The van der Waals surface area contributed by atoms with E-state index in [0.717, 1.165) is 11.1 Å². The van der Waals surface area contributed by atoms with Gasteiger partial charge < -0.3 is 15.8 Å². The molecule has 0 saturated carbocycles. The molecule has 0 aliphatic heterocycles. The molecule has 2 aromatic rings. The molecule has 0 bridgehead atoms. The second-order valence-corrected chi connectivity index (χ2v) is 6.23. The number of amides is 1. The first kappa shape index (κ1) is 16.6. The Labute approximate surface area is 142 Å². The maximum atomic E-state index is 12.0. The van der Waals surface area contributed by atoms with Crippen LogP contribution in [0.15, 0.2) is 34.8 Å². The van der Waals surface area contributed by atoms with Crippen LogP contribution in [-0.4, -0.2) is 12.5 Å². The van der Waals surface area contributed by atoms with Crippen LogP contribution in [-0.2, 0) is 4.79 Å². The van der Waals surface area contributed by atoms with E-state index < -0.39 is 0 Å². The molecule has 0 fully saturated rings. The fraction of sp³-hybridized carbons (Fsp3) is 0.188. The predicted molar refractivity (Wildman–Crippen MR) is 93.6 cm³/mol. The number of carbonyl (C=O) groups excluding carboxylic acids is 1. The number of benzene rings is 2. The predicted octanol–water partition coefficient (Wildman–Crippen LogP) is 4.32. The van der Waals surface area contributed by atoms with E-state index in [9.17, 15) is 4.79 Å². The summed E-state index contributed by atoms with van der Waals surface area (Å²) < 4.78 is 6.25. The van der Waals surface area contributed by atoms with Crippen LogP contribution in [0.4, 0.5) is 11.4 Å². The molecule has 4 nitrogen and oxygen atoms in total. The monoisotopic (exact) mass is 382 g/mol. The summed E-state index contributed by atoms with van der Waals surface area (Å²) in [6.45, 7) is 3.72. The summed E-state index contributed by atoms with van der Waals surface area (Å²) in [4.78, 5) is 12.0. The second-order valence-electron chi connectivity index (χ2n) is 4.97. The summed E-state index contributed by atoms with van der Waals surface area (Å²) in [5.41, 5.74) is 8.85. The molecule has 0 spiro atoms. The minimum atomic E-state index is -0.276. The minimum absolute atomic E-state index is 0.125. The Morgan fingerprint density at radius 1 is 1.32 bits per heavy atom. The van der Waals surface area contributed by atoms with E-state index in [4.69, 9.17) is 22.1 Å². The van der Waals surface area contributed by atoms with Crippen LogP contribution < -0.4 is 15.8 Å². The Hall–Kier alpha value is -1.72. The number of ether oxygens (including phenoxy) is 1. The van der Waals surface area contributed by atoms with Crippen molar-refractivity contribution in [2.75, 3.05) is 17.7 Å². The zero-order valence-corrected chi connectivity index (χ0v) is 14.6. The summed E-state index contributed by atoms with van der Waals surface area (Å²) in [6, 6.07) is 8.91. The van der Waals surface area contributed by atoms with Gasteiger partial charge in [-0.15, -0.1) is 0 Å². The lowest BCUT2D eigenvalue weighted by atomic mass is 10.1. The summed E-state index contributed by atoms with van der Waals surface area (Å²) in [5.74, 6) is 0.250. The Bertz CT molecular complexity index is 696. The van der Waals surface area contributed by atoms with Gasteiger partial charge in [-0.05, 0) is 65.2 Å². The number of carbonyl (C=O) groups is 1. The third-order valence-electron chi connectivity index (χ3n) is 2.99. The molecule has 2 aromatic carbocycles. The van der Waals surface area contributed by atoms with Crippen molar-refractivity contribution in [2.45, 2.75) is 13.8 Å². The van der Waals surface area contributed by atoms with Crippen LogP contribution in [0.5, 0.6) is 5.75 Å². The molecule has 6 heteroatoms. The molecule has 116 valence electrons. The zero-order valence-electron chi connectivity index (χ0n) is 12.2. The first-order valence-corrected chi connectivity index (χ1v) is 7.78. The first-order valence-electron chi connectivity index (χ1n) is 6.61. The van der Waals surface area contributed by atoms with Gasteiger partial charge in [0, 0.05) is 10.2 Å². The number of nitrogens with two attached hydrogens (primary N) is 1. The van der Waals surface area contributed by atoms with Crippen LogP contribution in [0, 0.1) is 13.8 Å². The molecular weight excluding hydrogens is 368 g/mol. The molecule has 2 rings (SSSR count). The van der Waals surface area contributed by atoms with Gasteiger partial charge in [-0.1, -0.05) is 17.7 Å². The Morgan fingerprint density at radius 2 is 2.05 bits per heavy atom. The lowest BCUT2D eigenvalue weighted by Gasteiger charge is -2.12. The number of halogens is 2. The third-order valence-corrected chi connectivity index (χ3v) is 3.93. The van der Waals surface area contributed by atoms with E-state index in [1.54, 1.807) is 24.3 Å². The van der Waals surface area contributed by atoms with Gasteiger partial charge in [0.25, 0.3) is 5.91 Å². The highest BCUT2D eigenvalue weighted by Crippen LogP contribution is 2.30. The molecule has 0 aliphatic carbocycles. The van der Waals surface area contributed by atoms with Crippen molar-refractivity contribution < 1.29 is 9.53 Å². The number of hydrogen-bond donors (Lipinski definition) is 2. The molecule has 0 aliphatic rings. The smallest absolute Gasteiger partial charge is 0.262 e. The highest BCUT2D eigenvalue weighted by molar-refractivity contribution is 9.10. The SMILES string of the molecule is Cc1cc(C)c(OCC(=O)Nc2ccc(N)cc2Br)c(Cl)c1. The van der Waals surface area contributed by atoms with E-state index in [-0.39, 0.29) is 12.5 Å². The van der Waals surface area contributed by atoms with Gasteiger partial charge in [0.1, 0.15) is 5.75 Å². The van der Waals surface area contributed by atoms with Crippen molar-refractivity contribution in [3.05, 3.63) is 51.0 Å². The highest BCUT2D eigenvalue weighted by Gasteiger charge is 2.11. The van der Waals surface area contributed by atoms with Crippen molar-refractivity contribution in [3.63, 3.8) is 0 Å². The van der Waals surface area contributed by atoms with E-state index in [1.165, 1.54) is 0 Å². The van der Waals surface area contributed by atoms with Crippen LogP contribution in [0.2, 0.25) is 5.02 Å². The van der Waals surface area contributed by atoms with Crippen molar-refractivity contribution >= 4 is 44.8 Å². The number of aryl methyl sites for hydroxylation is 2. The summed E-state index contributed by atoms with van der Waals surface area (Å²) in [5, 5.41) is 3.25. The summed E-state index contributed by atoms with van der Waals surface area (Å²) in [6.07, 6.45) is 0. The molecule has 0 atom stereocenters. The fourth-order valence-electron chi connectivity index (χ4n) is 2.04. The van der Waals surface area contributed by atoms with Gasteiger partial charge in [0.2, 0.25) is 0 Å². The Balaban J connectivity index is 2.02. The Morgan fingerprint density at radius 3 is 2.68 bits per heavy atom. The zero-order chi connectivity index (χ0) is 16.3. The minimum Gasteiger partial charge on any atom is -0.482 e. The van der Waals surface area contributed by atoms with Crippen molar-refractivity contribution in [3.8, 4) is 5.75 Å². The molecule has 1 amide bonds. The maximum absolute atomic E-state index is 12.0. The van der Waals surface area contributed by atoms with Gasteiger partial charge in [0.05, 0.1) is 10.7 Å². The summed E-state index contributed by atoms with van der Waals surface area (Å²) in [7, 11) is 0. The van der Waals surface area contributed by atoms with Crippen LogP contribution in [0.25, 0.3) is 0 Å². The normalized spacial score (nSPS) is 10.4. The number of rotatable bonds is 4. The van der Waals surface area contributed by atoms with E-state index in [0.29, 0.717) is 26.6 Å². The molecule has 3 N–H and O–H groups in total. The van der Waals surface area contributed by atoms with E-state index >= 15 is 0 Å². The molecule has 0 heterocycles.